The van der Waals surface area contributed by atoms with E-state index in [1.54, 1.807) is 6.07 Å². The summed E-state index contributed by atoms with van der Waals surface area (Å²) in [7, 11) is 0. The summed E-state index contributed by atoms with van der Waals surface area (Å²) in [5.74, 6) is -2.15. The third-order valence-electron chi connectivity index (χ3n) is 6.15. The van der Waals surface area contributed by atoms with E-state index in [0.29, 0.717) is 110 Å². The van der Waals surface area contributed by atoms with E-state index >= 15 is 0 Å². The Balaban J connectivity index is 0. The minimum absolute atomic E-state index is 0. The standard InChI is InChI=1S/C28H40N5O8.2C2H6.CH3.Y/c1-2-29-23-18-24(31-26(19-23)28(36)37)21-33-8-12-40-16-14-38-10-6-32(7-11-39-15-17-41-13-9-33)20-22-4-3-5-25(30-22)27(34)35;2*1-2;;/h4-5,18-19H,2,6-17,20-21H2,1H3,(H,29,31)(H,34,35)(H,36,37);2*1-2H3;1H3;/q-1;;;-1;. The van der Waals surface area contributed by atoms with Gasteiger partial charge < -0.3 is 51.8 Å². The summed E-state index contributed by atoms with van der Waals surface area (Å²) >= 11 is 0. The Morgan fingerprint density at radius 3 is 1.57 bits per heavy atom. The maximum atomic E-state index is 11.6. The molecule has 0 saturated carbocycles. The summed E-state index contributed by atoms with van der Waals surface area (Å²) < 4.78 is 23.1. The molecule has 0 atom stereocenters. The zero-order chi connectivity index (χ0) is 33.3. The predicted molar refractivity (Wildman–Crippen MR) is 178 cm³/mol. The van der Waals surface area contributed by atoms with Gasteiger partial charge >= 0.3 is 5.97 Å². The molecule has 0 amide bonds. The van der Waals surface area contributed by atoms with Crippen molar-refractivity contribution >= 4 is 17.6 Å². The van der Waals surface area contributed by atoms with Crippen molar-refractivity contribution in [3.05, 3.63) is 60.5 Å². The van der Waals surface area contributed by atoms with Gasteiger partial charge in [-0.25, -0.2) is 9.78 Å². The zero-order valence-corrected chi connectivity index (χ0v) is 32.0. The van der Waals surface area contributed by atoms with Crippen LogP contribution in [0.3, 0.4) is 0 Å². The molecule has 3 heterocycles. The number of ether oxygens (including phenoxy) is 4. The topological polar surface area (TPSA) is 156 Å². The summed E-state index contributed by atoms with van der Waals surface area (Å²) in [6.07, 6.45) is 0. The van der Waals surface area contributed by atoms with E-state index in [4.69, 9.17) is 18.9 Å². The number of pyridine rings is 2. The van der Waals surface area contributed by atoms with E-state index in [9.17, 15) is 19.8 Å². The molecule has 0 aliphatic carbocycles. The minimum Gasteiger partial charge on any atom is -0.486 e. The van der Waals surface area contributed by atoms with Crippen molar-refractivity contribution in [2.24, 2.45) is 0 Å². The van der Waals surface area contributed by atoms with Gasteiger partial charge in [0.1, 0.15) is 0 Å². The van der Waals surface area contributed by atoms with Gasteiger partial charge in [-0.2, -0.15) is 12.1 Å². The fourth-order valence-corrected chi connectivity index (χ4v) is 4.13. The smallest absolute Gasteiger partial charge is 0.354 e. The van der Waals surface area contributed by atoms with E-state index in [2.05, 4.69) is 31.2 Å². The molecule has 2 aromatic heterocycles. The van der Waals surface area contributed by atoms with Crippen LogP contribution in [0.1, 0.15) is 67.0 Å². The number of nitrogens with one attached hydrogen (secondary N) is 1. The van der Waals surface area contributed by atoms with Gasteiger partial charge in [0.05, 0.1) is 58.5 Å². The van der Waals surface area contributed by atoms with Crippen LogP contribution in [-0.2, 0) is 64.7 Å². The average Bonchev–Trinajstić information content (AvgIpc) is 3.04. The summed E-state index contributed by atoms with van der Waals surface area (Å²) in [5, 5.41) is 21.8. The van der Waals surface area contributed by atoms with Crippen LogP contribution in [0.4, 0.5) is 5.69 Å². The Hall–Kier alpha value is -2.10. The van der Waals surface area contributed by atoms with Crippen molar-refractivity contribution < 1.29 is 71.5 Å². The Kier molecular flexibility index (Phi) is 30.0. The molecule has 3 N–H and O–H groups in total. The summed E-state index contributed by atoms with van der Waals surface area (Å²) in [6, 6.07) is 9.28. The van der Waals surface area contributed by atoms with Gasteiger partial charge in [-0.05, 0) is 25.6 Å². The SMILES string of the molecule is CC.CC.CCNc1cc(CN2CCOCCOCCN(Cc3c[c-]cc(C(=O)O)n3)CCOCCOCC2)nc(C(=O)O)c1.[CH3-].[Y]. The Bertz CT molecular complexity index is 1080. The molecule has 3 rings (SSSR count). The van der Waals surface area contributed by atoms with Crippen LogP contribution < -0.4 is 5.32 Å². The van der Waals surface area contributed by atoms with E-state index < -0.39 is 11.9 Å². The monoisotopic (exact) mass is 738 g/mol. The van der Waals surface area contributed by atoms with Crippen molar-refractivity contribution in [2.75, 3.05) is 90.9 Å². The molecule has 0 bridgehead atoms. The Morgan fingerprint density at radius 1 is 0.723 bits per heavy atom. The second kappa shape index (κ2) is 30.0. The molecule has 1 saturated heterocycles. The second-order valence-electron chi connectivity index (χ2n) is 9.32. The maximum absolute atomic E-state index is 11.6. The molecule has 1 fully saturated rings. The molecule has 265 valence electrons. The Labute approximate surface area is 306 Å². The number of aromatic nitrogens is 2. The van der Waals surface area contributed by atoms with E-state index in [1.807, 2.05) is 40.7 Å². The number of nitrogens with zero attached hydrogens (tertiary/aromatic N) is 4. The van der Waals surface area contributed by atoms with Crippen molar-refractivity contribution in [3.63, 3.8) is 0 Å². The van der Waals surface area contributed by atoms with Crippen molar-refractivity contribution in [1.29, 1.82) is 0 Å². The van der Waals surface area contributed by atoms with Crippen LogP contribution in [0.5, 0.6) is 0 Å². The molecule has 0 aromatic carbocycles. The fourth-order valence-electron chi connectivity index (χ4n) is 4.13. The van der Waals surface area contributed by atoms with E-state index in [1.165, 1.54) is 12.1 Å². The third kappa shape index (κ3) is 20.8. The third-order valence-corrected chi connectivity index (χ3v) is 6.15. The number of hydrogen-bond donors (Lipinski definition) is 3. The number of anilines is 1. The predicted octanol–water partition coefficient (Wildman–Crippen LogP) is 3.99. The van der Waals surface area contributed by atoms with Gasteiger partial charge in [0.15, 0.2) is 5.69 Å². The van der Waals surface area contributed by atoms with Gasteiger partial charge in [-0.3, -0.25) is 9.69 Å². The van der Waals surface area contributed by atoms with Crippen molar-refractivity contribution in [3.8, 4) is 0 Å². The summed E-state index contributed by atoms with van der Waals surface area (Å²) in [5.41, 5.74) is 1.96. The number of rotatable bonds is 8. The van der Waals surface area contributed by atoms with Gasteiger partial charge in [-0.15, -0.1) is 6.07 Å². The molecule has 1 aliphatic heterocycles. The summed E-state index contributed by atoms with van der Waals surface area (Å²) in [6.45, 7) is 17.6. The molecule has 1 aliphatic rings. The van der Waals surface area contributed by atoms with Crippen LogP contribution in [-0.4, -0.2) is 127 Å². The van der Waals surface area contributed by atoms with Crippen LogP contribution in [0.25, 0.3) is 0 Å². The van der Waals surface area contributed by atoms with Gasteiger partial charge in [0.2, 0.25) is 0 Å². The maximum Gasteiger partial charge on any atom is 0.354 e. The van der Waals surface area contributed by atoms with Crippen LogP contribution >= 0.6 is 0 Å². The molecule has 1 radical (unpaired) electrons. The largest absolute Gasteiger partial charge is 0.486 e. The number of aromatic carboxylic acids is 2. The molecule has 47 heavy (non-hydrogen) atoms. The van der Waals surface area contributed by atoms with Gasteiger partial charge in [-0.1, -0.05) is 33.4 Å². The first-order valence-electron chi connectivity index (χ1n) is 15.8. The van der Waals surface area contributed by atoms with Crippen LogP contribution in [0.15, 0.2) is 24.3 Å². The van der Waals surface area contributed by atoms with Crippen molar-refractivity contribution in [2.45, 2.75) is 47.7 Å². The van der Waals surface area contributed by atoms with E-state index in [0.717, 1.165) is 5.69 Å². The first kappa shape index (κ1) is 47.0. The quantitative estimate of drug-likeness (QED) is 0.335. The number of carboxylic acids is 2. The van der Waals surface area contributed by atoms with Crippen LogP contribution in [0, 0.1) is 13.5 Å². The fraction of sp³-hybridized carbons (Fsp3) is 0.606. The molecule has 0 unspecified atom stereocenters. The second-order valence-corrected chi connectivity index (χ2v) is 9.32. The average molecular weight is 739 g/mol. The Morgan fingerprint density at radius 2 is 1.15 bits per heavy atom. The van der Waals surface area contributed by atoms with Gasteiger partial charge in [0.25, 0.3) is 5.97 Å². The molecular weight excluding hydrogens is 683 g/mol. The molecule has 14 heteroatoms. The number of carboxylic acid groups (broad SMARTS) is 2. The first-order chi connectivity index (χ1) is 21.9. The molecular formula is C33H55N5O8Y-2. The molecule has 2 aromatic rings. The summed E-state index contributed by atoms with van der Waals surface area (Å²) in [4.78, 5) is 35.5. The molecule has 0 spiro atoms. The van der Waals surface area contributed by atoms with Gasteiger partial charge in [0, 0.05) is 83.4 Å². The van der Waals surface area contributed by atoms with Crippen molar-refractivity contribution in [1.82, 2.24) is 19.8 Å². The van der Waals surface area contributed by atoms with Crippen LogP contribution in [0.2, 0.25) is 0 Å². The number of hydrogen-bond acceptors (Lipinski definition) is 11. The zero-order valence-electron chi connectivity index (χ0n) is 29.1. The number of carbonyl (C=O) groups is 2. The minimum atomic E-state index is -1.08. The van der Waals surface area contributed by atoms with E-state index in [-0.39, 0.29) is 51.5 Å². The normalized spacial score (nSPS) is 15.8. The first-order valence-corrected chi connectivity index (χ1v) is 15.8. The molecule has 13 nitrogen and oxygen atoms in total.